The second-order valence-corrected chi connectivity index (χ2v) is 6.44. The molecule has 3 nitrogen and oxygen atoms in total. The van der Waals surface area contributed by atoms with Crippen LogP contribution in [-0.2, 0) is 4.65 Å². The summed E-state index contributed by atoms with van der Waals surface area (Å²) in [5, 5.41) is 19.4. The molecule has 1 heterocycles. The van der Waals surface area contributed by atoms with Crippen LogP contribution in [0.3, 0.4) is 0 Å². The fourth-order valence-electron chi connectivity index (χ4n) is 3.11. The number of aromatic hydroxyl groups is 1. The fourth-order valence-corrected chi connectivity index (χ4v) is 3.11. The molecule has 0 fully saturated rings. The third kappa shape index (κ3) is 5.39. The van der Waals surface area contributed by atoms with Crippen LogP contribution >= 0.6 is 0 Å². The Labute approximate surface area is 145 Å². The fraction of sp³-hybridized carbons (Fsp3) is 0.400. The molecular weight excluding hydrogens is 299 g/mol. The molecule has 1 aromatic rings. The maximum atomic E-state index is 9.77. The van der Waals surface area contributed by atoms with Gasteiger partial charge in [0.2, 0.25) is 0 Å². The number of hydrogen-bond acceptors (Lipinski definition) is 3. The molecule has 1 atom stereocenters. The van der Waals surface area contributed by atoms with E-state index in [1.807, 2.05) is 25.1 Å². The Balaban J connectivity index is 2.09. The van der Waals surface area contributed by atoms with Crippen molar-refractivity contribution in [3.05, 3.63) is 59.2 Å². The van der Waals surface area contributed by atoms with Gasteiger partial charge in [-0.3, -0.25) is 0 Å². The lowest BCUT2D eigenvalue weighted by molar-refractivity contribution is 0.183. The third-order valence-electron chi connectivity index (χ3n) is 4.24. The zero-order valence-electron chi connectivity index (χ0n) is 14.7. The first-order valence-corrected chi connectivity index (χ1v) is 8.67. The predicted octanol–water partition coefficient (Wildman–Crippen LogP) is 4.74. The number of phenols is 1. The highest BCUT2D eigenvalue weighted by molar-refractivity contribution is 6.43. The molecule has 1 aromatic carbocycles. The summed E-state index contributed by atoms with van der Waals surface area (Å²) < 4.78 is 5.72. The van der Waals surface area contributed by atoms with Gasteiger partial charge in [0.05, 0.1) is 6.10 Å². The standard InChI is InChI=1S/C20H27BO3/c1-4-6-16(13-17-7-5-8-18(22)14-17)9-10-20-19(15(2)3)11-12-21(23)24-20/h5,7-8,11,13-14,20,22-23H,2,4,6,9-10,12H2,1,3H3/b16-13+. The van der Waals surface area contributed by atoms with E-state index >= 15 is 0 Å². The molecule has 0 saturated heterocycles. The van der Waals surface area contributed by atoms with E-state index in [2.05, 4.69) is 19.6 Å². The van der Waals surface area contributed by atoms with Gasteiger partial charge < -0.3 is 14.8 Å². The molecule has 0 bridgehead atoms. The quantitative estimate of drug-likeness (QED) is 0.712. The summed E-state index contributed by atoms with van der Waals surface area (Å²) in [5.41, 5.74) is 4.45. The Morgan fingerprint density at radius 3 is 2.88 bits per heavy atom. The van der Waals surface area contributed by atoms with Crippen molar-refractivity contribution in [3.8, 4) is 5.75 Å². The van der Waals surface area contributed by atoms with Gasteiger partial charge in [-0.25, -0.2) is 0 Å². The molecule has 0 saturated carbocycles. The van der Waals surface area contributed by atoms with Crippen molar-refractivity contribution >= 4 is 13.2 Å². The smallest absolute Gasteiger partial charge is 0.458 e. The SMILES string of the molecule is C=C(C)C1=CCB(O)OC1CC/C(=C/c1cccc(O)c1)CCC. The molecule has 0 amide bonds. The topological polar surface area (TPSA) is 49.7 Å². The molecule has 1 aliphatic rings. The molecule has 2 rings (SSSR count). The van der Waals surface area contributed by atoms with E-state index in [0.29, 0.717) is 6.32 Å². The van der Waals surface area contributed by atoms with Crippen LogP contribution in [0.1, 0.15) is 45.1 Å². The van der Waals surface area contributed by atoms with Crippen molar-refractivity contribution in [1.29, 1.82) is 0 Å². The van der Waals surface area contributed by atoms with Gasteiger partial charge in [-0.05, 0) is 49.5 Å². The number of hydrogen-bond donors (Lipinski definition) is 2. The minimum atomic E-state index is -0.720. The van der Waals surface area contributed by atoms with Crippen LogP contribution in [0.2, 0.25) is 6.32 Å². The molecule has 2 N–H and O–H groups in total. The summed E-state index contributed by atoms with van der Waals surface area (Å²) >= 11 is 0. The number of allylic oxidation sites excluding steroid dienone is 2. The zero-order chi connectivity index (χ0) is 17.5. The summed E-state index contributed by atoms with van der Waals surface area (Å²) in [7, 11) is -0.720. The second kappa shape index (κ2) is 8.90. The van der Waals surface area contributed by atoms with Gasteiger partial charge in [-0.1, -0.05) is 55.4 Å². The minimum absolute atomic E-state index is 0.101. The maximum Gasteiger partial charge on any atom is 0.458 e. The predicted molar refractivity (Wildman–Crippen MR) is 101 cm³/mol. The Morgan fingerprint density at radius 2 is 2.21 bits per heavy atom. The van der Waals surface area contributed by atoms with E-state index in [1.54, 1.807) is 12.1 Å². The van der Waals surface area contributed by atoms with Crippen molar-refractivity contribution in [3.63, 3.8) is 0 Å². The molecule has 24 heavy (non-hydrogen) atoms. The van der Waals surface area contributed by atoms with Gasteiger partial charge in [0.15, 0.2) is 0 Å². The minimum Gasteiger partial charge on any atom is -0.508 e. The molecule has 128 valence electrons. The van der Waals surface area contributed by atoms with Gasteiger partial charge in [0, 0.05) is 6.32 Å². The molecule has 0 radical (unpaired) electrons. The van der Waals surface area contributed by atoms with Gasteiger partial charge in [-0.15, -0.1) is 0 Å². The monoisotopic (exact) mass is 326 g/mol. The van der Waals surface area contributed by atoms with E-state index in [9.17, 15) is 10.1 Å². The largest absolute Gasteiger partial charge is 0.508 e. The molecule has 0 aromatic heterocycles. The van der Waals surface area contributed by atoms with E-state index in [0.717, 1.165) is 42.4 Å². The summed E-state index contributed by atoms with van der Waals surface area (Å²) in [6, 6.07) is 7.30. The maximum absolute atomic E-state index is 9.77. The van der Waals surface area contributed by atoms with Crippen LogP contribution in [0.25, 0.3) is 6.08 Å². The van der Waals surface area contributed by atoms with E-state index in [1.165, 1.54) is 5.57 Å². The highest BCUT2D eigenvalue weighted by Crippen LogP contribution is 2.28. The molecule has 1 unspecified atom stereocenters. The zero-order valence-corrected chi connectivity index (χ0v) is 14.7. The van der Waals surface area contributed by atoms with Crippen molar-refractivity contribution < 1.29 is 14.8 Å². The van der Waals surface area contributed by atoms with Gasteiger partial charge >= 0.3 is 7.12 Å². The Morgan fingerprint density at radius 1 is 1.42 bits per heavy atom. The van der Waals surface area contributed by atoms with E-state index in [-0.39, 0.29) is 11.9 Å². The van der Waals surface area contributed by atoms with Gasteiger partial charge in [0.1, 0.15) is 5.75 Å². The second-order valence-electron chi connectivity index (χ2n) is 6.44. The normalized spacial score (nSPS) is 18.5. The average molecular weight is 326 g/mol. The van der Waals surface area contributed by atoms with Crippen LogP contribution in [0, 0.1) is 0 Å². The summed E-state index contributed by atoms with van der Waals surface area (Å²) in [6.45, 7) is 8.17. The van der Waals surface area contributed by atoms with Crippen molar-refractivity contribution in [2.75, 3.05) is 0 Å². The Kier molecular flexibility index (Phi) is 6.89. The van der Waals surface area contributed by atoms with Crippen LogP contribution in [-0.4, -0.2) is 23.4 Å². The molecule has 0 spiro atoms. The van der Waals surface area contributed by atoms with Crippen molar-refractivity contribution in [2.24, 2.45) is 0 Å². The first kappa shape index (κ1) is 18.6. The van der Waals surface area contributed by atoms with Crippen LogP contribution in [0.15, 0.2) is 53.6 Å². The number of rotatable bonds is 7. The molecule has 0 aliphatic carbocycles. The molecule has 1 aliphatic heterocycles. The summed E-state index contributed by atoms with van der Waals surface area (Å²) in [5.74, 6) is 0.283. The lowest BCUT2D eigenvalue weighted by atomic mass is 9.78. The van der Waals surface area contributed by atoms with E-state index < -0.39 is 7.12 Å². The van der Waals surface area contributed by atoms with Crippen LogP contribution in [0.4, 0.5) is 0 Å². The van der Waals surface area contributed by atoms with Crippen LogP contribution in [0.5, 0.6) is 5.75 Å². The highest BCUT2D eigenvalue weighted by Gasteiger charge is 2.27. The van der Waals surface area contributed by atoms with Gasteiger partial charge in [0.25, 0.3) is 0 Å². The van der Waals surface area contributed by atoms with Crippen molar-refractivity contribution in [1.82, 2.24) is 0 Å². The van der Waals surface area contributed by atoms with Gasteiger partial charge in [-0.2, -0.15) is 0 Å². The lowest BCUT2D eigenvalue weighted by Crippen LogP contribution is -2.31. The average Bonchev–Trinajstić information content (AvgIpc) is 2.52. The highest BCUT2D eigenvalue weighted by atomic mass is 16.5. The summed E-state index contributed by atoms with van der Waals surface area (Å²) in [6.07, 6.45) is 8.41. The Hall–Kier alpha value is -1.78. The van der Waals surface area contributed by atoms with Crippen LogP contribution < -0.4 is 0 Å². The third-order valence-corrected chi connectivity index (χ3v) is 4.24. The molecule has 4 heteroatoms. The van der Waals surface area contributed by atoms with E-state index in [4.69, 9.17) is 4.65 Å². The first-order chi connectivity index (χ1) is 11.5. The number of phenolic OH excluding ortho intramolecular Hbond substituents is 1. The molecular formula is C20H27BO3. The Bertz CT molecular complexity index is 634. The first-order valence-electron chi connectivity index (χ1n) is 8.67. The summed E-state index contributed by atoms with van der Waals surface area (Å²) in [4.78, 5) is 0. The number of benzene rings is 1. The van der Waals surface area contributed by atoms with Crippen molar-refractivity contribution in [2.45, 2.75) is 52.0 Å². The lowest BCUT2D eigenvalue weighted by Gasteiger charge is -2.27.